The van der Waals surface area contributed by atoms with Crippen LogP contribution in [0.25, 0.3) is 0 Å². The summed E-state index contributed by atoms with van der Waals surface area (Å²) < 4.78 is 12.7. The Hall–Kier alpha value is -2.90. The van der Waals surface area contributed by atoms with Crippen LogP contribution in [0.4, 0.5) is 5.69 Å². The van der Waals surface area contributed by atoms with E-state index < -0.39 is 0 Å². The monoisotopic (exact) mass is 414 g/mol. The molecule has 0 radical (unpaired) electrons. The molecular weight excluding hydrogens is 380 g/mol. The predicted octanol–water partition coefficient (Wildman–Crippen LogP) is 2.20. The van der Waals surface area contributed by atoms with Crippen molar-refractivity contribution < 1.29 is 9.47 Å². The Bertz CT molecular complexity index is 805. The zero-order valence-corrected chi connectivity index (χ0v) is 18.5. The van der Waals surface area contributed by atoms with E-state index in [0.717, 1.165) is 68.6 Å². The molecule has 0 aliphatic carbocycles. The number of aliphatic imine (C=N–C) groups is 1. The van der Waals surface area contributed by atoms with Gasteiger partial charge in [0, 0.05) is 69.4 Å². The first kappa shape index (κ1) is 21.8. The van der Waals surface area contributed by atoms with Gasteiger partial charge in [0.1, 0.15) is 11.5 Å². The fraction of sp³-hybridized carbons (Fsp3) is 0.545. The number of rotatable bonds is 8. The van der Waals surface area contributed by atoms with Crippen LogP contribution in [-0.2, 0) is 13.5 Å². The van der Waals surface area contributed by atoms with Gasteiger partial charge in [-0.3, -0.25) is 9.67 Å². The van der Waals surface area contributed by atoms with Crippen molar-refractivity contribution in [2.75, 3.05) is 45.3 Å². The fourth-order valence-electron chi connectivity index (χ4n) is 3.67. The molecule has 1 aromatic carbocycles. The molecule has 8 nitrogen and oxygen atoms in total. The van der Waals surface area contributed by atoms with Crippen molar-refractivity contribution in [3.05, 3.63) is 36.2 Å². The van der Waals surface area contributed by atoms with Gasteiger partial charge in [0.2, 0.25) is 0 Å². The SMILES string of the molecule is CCNC(=NCCc1cnn(C)c1)NC1CCN(c2cc(OC)cc(OC)c2)CC1. The van der Waals surface area contributed by atoms with Crippen LogP contribution in [0.15, 0.2) is 35.6 Å². The maximum absolute atomic E-state index is 5.41. The number of ether oxygens (including phenoxy) is 2. The van der Waals surface area contributed by atoms with Crippen molar-refractivity contribution >= 4 is 11.6 Å². The van der Waals surface area contributed by atoms with Gasteiger partial charge in [-0.15, -0.1) is 0 Å². The molecule has 2 N–H and O–H groups in total. The van der Waals surface area contributed by atoms with E-state index >= 15 is 0 Å². The highest BCUT2D eigenvalue weighted by Crippen LogP contribution is 2.30. The number of benzene rings is 1. The number of guanidine groups is 1. The third kappa shape index (κ3) is 6.05. The third-order valence-electron chi connectivity index (χ3n) is 5.31. The molecule has 0 unspecified atom stereocenters. The highest BCUT2D eigenvalue weighted by atomic mass is 16.5. The molecule has 1 aliphatic rings. The summed E-state index contributed by atoms with van der Waals surface area (Å²) in [6.45, 7) is 5.63. The Morgan fingerprint density at radius 2 is 1.87 bits per heavy atom. The molecule has 30 heavy (non-hydrogen) atoms. The summed E-state index contributed by atoms with van der Waals surface area (Å²) in [5.41, 5.74) is 2.35. The number of aryl methyl sites for hydroxylation is 1. The van der Waals surface area contributed by atoms with Crippen molar-refractivity contribution in [2.24, 2.45) is 12.0 Å². The molecule has 3 rings (SSSR count). The number of hydrogen-bond donors (Lipinski definition) is 2. The highest BCUT2D eigenvalue weighted by Gasteiger charge is 2.21. The number of anilines is 1. The topological polar surface area (TPSA) is 75.9 Å². The zero-order chi connectivity index (χ0) is 21.3. The molecule has 0 saturated carbocycles. The van der Waals surface area contributed by atoms with Gasteiger partial charge in [-0.2, -0.15) is 5.10 Å². The lowest BCUT2D eigenvalue weighted by Crippen LogP contribution is -2.48. The first-order valence-corrected chi connectivity index (χ1v) is 10.6. The molecule has 0 spiro atoms. The van der Waals surface area contributed by atoms with Gasteiger partial charge in [-0.05, 0) is 31.7 Å². The molecule has 0 amide bonds. The minimum absolute atomic E-state index is 0.407. The van der Waals surface area contributed by atoms with Gasteiger partial charge in [0.25, 0.3) is 0 Å². The third-order valence-corrected chi connectivity index (χ3v) is 5.31. The number of methoxy groups -OCH3 is 2. The van der Waals surface area contributed by atoms with Gasteiger partial charge in [-0.25, -0.2) is 0 Å². The lowest BCUT2D eigenvalue weighted by Gasteiger charge is -2.34. The lowest BCUT2D eigenvalue weighted by atomic mass is 10.0. The van der Waals surface area contributed by atoms with Crippen LogP contribution in [-0.4, -0.2) is 62.2 Å². The fourth-order valence-corrected chi connectivity index (χ4v) is 3.67. The minimum Gasteiger partial charge on any atom is -0.497 e. The maximum Gasteiger partial charge on any atom is 0.191 e. The molecule has 164 valence electrons. The van der Waals surface area contributed by atoms with Crippen LogP contribution in [0, 0.1) is 0 Å². The highest BCUT2D eigenvalue weighted by molar-refractivity contribution is 5.80. The number of aromatic nitrogens is 2. The van der Waals surface area contributed by atoms with Crippen LogP contribution in [0.3, 0.4) is 0 Å². The molecule has 1 aromatic heterocycles. The second kappa shape index (κ2) is 10.8. The predicted molar refractivity (Wildman–Crippen MR) is 121 cm³/mol. The molecule has 0 bridgehead atoms. The van der Waals surface area contributed by atoms with Gasteiger partial charge in [0.05, 0.1) is 20.4 Å². The Balaban J connectivity index is 1.53. The first-order valence-electron chi connectivity index (χ1n) is 10.6. The first-order chi connectivity index (χ1) is 14.6. The summed E-state index contributed by atoms with van der Waals surface area (Å²) in [6, 6.07) is 6.45. The van der Waals surface area contributed by atoms with Gasteiger partial charge >= 0.3 is 0 Å². The number of nitrogens with zero attached hydrogens (tertiary/aromatic N) is 4. The van der Waals surface area contributed by atoms with Crippen LogP contribution in [0.5, 0.6) is 11.5 Å². The number of piperidine rings is 1. The van der Waals surface area contributed by atoms with E-state index in [4.69, 9.17) is 14.5 Å². The standard InChI is InChI=1S/C22H34N6O2/c1-5-23-22(24-9-6-17-15-25-27(2)16-17)26-18-7-10-28(11-8-18)19-12-20(29-3)14-21(13-19)30-4/h12-16,18H,5-11H2,1-4H3,(H2,23,24,26). The molecular formula is C22H34N6O2. The Morgan fingerprint density at radius 3 is 2.43 bits per heavy atom. The van der Waals surface area contributed by atoms with E-state index in [1.54, 1.807) is 14.2 Å². The van der Waals surface area contributed by atoms with Crippen molar-refractivity contribution in [3.63, 3.8) is 0 Å². The summed E-state index contributed by atoms with van der Waals surface area (Å²) in [7, 11) is 5.31. The van der Waals surface area contributed by atoms with E-state index in [-0.39, 0.29) is 0 Å². The van der Waals surface area contributed by atoms with Gasteiger partial charge in [0.15, 0.2) is 5.96 Å². The second-order valence-electron chi connectivity index (χ2n) is 7.51. The minimum atomic E-state index is 0.407. The molecule has 2 aromatic rings. The molecule has 1 aliphatic heterocycles. The summed E-state index contributed by atoms with van der Waals surface area (Å²) in [4.78, 5) is 7.13. The number of nitrogens with one attached hydrogen (secondary N) is 2. The van der Waals surface area contributed by atoms with E-state index in [1.807, 2.05) is 30.2 Å². The quantitative estimate of drug-likeness (QED) is 0.510. The van der Waals surface area contributed by atoms with Crippen molar-refractivity contribution in [1.29, 1.82) is 0 Å². The van der Waals surface area contributed by atoms with Crippen LogP contribution in [0.1, 0.15) is 25.3 Å². The molecule has 1 saturated heterocycles. The van der Waals surface area contributed by atoms with Crippen LogP contribution < -0.4 is 25.0 Å². The summed E-state index contributed by atoms with van der Waals surface area (Å²) >= 11 is 0. The van der Waals surface area contributed by atoms with E-state index in [9.17, 15) is 0 Å². The summed E-state index contributed by atoms with van der Waals surface area (Å²) in [5.74, 6) is 2.53. The molecule has 1 fully saturated rings. The Labute approximate surface area is 179 Å². The normalized spacial score (nSPS) is 15.2. The second-order valence-corrected chi connectivity index (χ2v) is 7.51. The molecule has 2 heterocycles. The van der Waals surface area contributed by atoms with Crippen molar-refractivity contribution in [2.45, 2.75) is 32.2 Å². The van der Waals surface area contributed by atoms with E-state index in [0.29, 0.717) is 6.04 Å². The van der Waals surface area contributed by atoms with Crippen molar-refractivity contribution in [1.82, 2.24) is 20.4 Å². The van der Waals surface area contributed by atoms with Gasteiger partial charge < -0.3 is 25.0 Å². The summed E-state index contributed by atoms with van der Waals surface area (Å²) in [6.07, 6.45) is 6.93. The van der Waals surface area contributed by atoms with E-state index in [2.05, 4.69) is 39.7 Å². The van der Waals surface area contributed by atoms with Crippen LogP contribution in [0.2, 0.25) is 0 Å². The maximum atomic E-state index is 5.41. The average molecular weight is 415 g/mol. The Kier molecular flexibility index (Phi) is 7.82. The smallest absolute Gasteiger partial charge is 0.191 e. The molecule has 0 atom stereocenters. The average Bonchev–Trinajstić information content (AvgIpc) is 3.19. The van der Waals surface area contributed by atoms with Crippen molar-refractivity contribution in [3.8, 4) is 11.5 Å². The Morgan fingerprint density at radius 1 is 1.17 bits per heavy atom. The van der Waals surface area contributed by atoms with E-state index in [1.165, 1.54) is 5.56 Å². The molecule has 8 heteroatoms. The van der Waals surface area contributed by atoms with Crippen LogP contribution >= 0.6 is 0 Å². The zero-order valence-electron chi connectivity index (χ0n) is 18.5. The largest absolute Gasteiger partial charge is 0.497 e. The number of hydrogen-bond acceptors (Lipinski definition) is 5. The lowest BCUT2D eigenvalue weighted by molar-refractivity contribution is 0.393. The summed E-state index contributed by atoms with van der Waals surface area (Å²) in [5, 5.41) is 11.2. The van der Waals surface area contributed by atoms with Gasteiger partial charge in [-0.1, -0.05) is 0 Å².